The molecule has 0 bridgehead atoms. The number of hydrogen-bond donors (Lipinski definition) is 2. The molecule has 9 nitrogen and oxygen atoms in total. The molecule has 40 heavy (non-hydrogen) atoms. The summed E-state index contributed by atoms with van der Waals surface area (Å²) >= 11 is 0. The Balaban J connectivity index is 1.26. The van der Waals surface area contributed by atoms with Crippen molar-refractivity contribution in [3.8, 4) is 16.9 Å². The number of ether oxygens (including phenoxy) is 1. The number of amides is 3. The third kappa shape index (κ3) is 4.69. The molecule has 9 heteroatoms. The maximum absolute atomic E-state index is 13.5. The second-order valence-corrected chi connectivity index (χ2v) is 9.52. The van der Waals surface area contributed by atoms with E-state index >= 15 is 0 Å². The van der Waals surface area contributed by atoms with Crippen molar-refractivity contribution < 1.29 is 19.1 Å². The molecule has 0 aliphatic carbocycles. The van der Waals surface area contributed by atoms with Gasteiger partial charge in [0.2, 0.25) is 0 Å². The lowest BCUT2D eigenvalue weighted by Gasteiger charge is -2.22. The van der Waals surface area contributed by atoms with Crippen molar-refractivity contribution in [2.75, 3.05) is 13.7 Å². The summed E-state index contributed by atoms with van der Waals surface area (Å²) in [7, 11) is 1.57. The van der Waals surface area contributed by atoms with Crippen LogP contribution in [0, 0.1) is 0 Å². The highest BCUT2D eigenvalue weighted by Gasteiger charge is 2.35. The van der Waals surface area contributed by atoms with Crippen molar-refractivity contribution in [3.63, 3.8) is 0 Å². The molecule has 0 radical (unpaired) electrons. The normalized spacial score (nSPS) is 13.4. The number of benzene rings is 3. The van der Waals surface area contributed by atoms with Crippen LogP contribution in [0.25, 0.3) is 21.9 Å². The van der Waals surface area contributed by atoms with E-state index in [9.17, 15) is 14.4 Å². The minimum Gasteiger partial charge on any atom is -0.497 e. The van der Waals surface area contributed by atoms with Crippen molar-refractivity contribution in [1.82, 2.24) is 25.4 Å². The van der Waals surface area contributed by atoms with Gasteiger partial charge in [0.25, 0.3) is 17.7 Å². The maximum Gasteiger partial charge on any atom is 0.270 e. The van der Waals surface area contributed by atoms with Crippen LogP contribution in [0.15, 0.2) is 91.4 Å². The third-order valence-corrected chi connectivity index (χ3v) is 7.11. The highest BCUT2D eigenvalue weighted by molar-refractivity contribution is 6.21. The van der Waals surface area contributed by atoms with E-state index in [4.69, 9.17) is 4.74 Å². The van der Waals surface area contributed by atoms with Crippen molar-refractivity contribution in [2.45, 2.75) is 12.5 Å². The van der Waals surface area contributed by atoms with Gasteiger partial charge in [-0.25, -0.2) is 0 Å². The van der Waals surface area contributed by atoms with Gasteiger partial charge in [-0.1, -0.05) is 36.4 Å². The van der Waals surface area contributed by atoms with E-state index in [-0.39, 0.29) is 30.0 Å². The largest absolute Gasteiger partial charge is 0.497 e. The molecule has 3 heterocycles. The van der Waals surface area contributed by atoms with E-state index in [1.165, 1.54) is 4.90 Å². The predicted molar refractivity (Wildman–Crippen MR) is 149 cm³/mol. The van der Waals surface area contributed by atoms with Crippen LogP contribution in [0.3, 0.4) is 0 Å². The van der Waals surface area contributed by atoms with Crippen LogP contribution in [-0.2, 0) is 0 Å². The van der Waals surface area contributed by atoms with E-state index in [0.29, 0.717) is 23.3 Å². The summed E-state index contributed by atoms with van der Waals surface area (Å²) in [5.74, 6) is -0.402. The zero-order valence-electron chi connectivity index (χ0n) is 21.6. The molecule has 0 saturated carbocycles. The average molecular weight is 532 g/mol. The molecular weight excluding hydrogens is 506 g/mol. The summed E-state index contributed by atoms with van der Waals surface area (Å²) in [5.41, 5.74) is 3.73. The molecule has 1 aliphatic rings. The molecule has 2 aromatic heterocycles. The Morgan fingerprint density at radius 2 is 1.73 bits per heavy atom. The summed E-state index contributed by atoms with van der Waals surface area (Å²) in [5, 5.41) is 11.6. The first-order valence-corrected chi connectivity index (χ1v) is 12.8. The van der Waals surface area contributed by atoms with Gasteiger partial charge in [0.05, 0.1) is 30.5 Å². The Kier molecular flexibility index (Phi) is 6.53. The number of fused-ring (bicyclic) bond motifs is 2. The number of carbonyl (C=O) groups is 3. The molecule has 0 saturated heterocycles. The van der Waals surface area contributed by atoms with E-state index < -0.39 is 6.04 Å². The number of nitrogens with one attached hydrogen (secondary N) is 2. The molecule has 6 rings (SSSR count). The Hall–Kier alpha value is -5.31. The molecule has 3 aromatic carbocycles. The molecule has 1 aliphatic heterocycles. The first kappa shape index (κ1) is 25.0. The third-order valence-electron chi connectivity index (χ3n) is 7.11. The number of imide groups is 1. The van der Waals surface area contributed by atoms with Crippen LogP contribution in [0.1, 0.15) is 49.2 Å². The zero-order valence-corrected chi connectivity index (χ0v) is 21.6. The summed E-state index contributed by atoms with van der Waals surface area (Å²) in [6.45, 7) is 0.133. The summed E-state index contributed by atoms with van der Waals surface area (Å²) in [6, 6.07) is 21.3. The number of pyridine rings is 1. The van der Waals surface area contributed by atoms with Crippen molar-refractivity contribution in [1.29, 1.82) is 0 Å². The lowest BCUT2D eigenvalue weighted by molar-refractivity contribution is 0.0648. The van der Waals surface area contributed by atoms with E-state index in [1.807, 2.05) is 48.7 Å². The topological polar surface area (TPSA) is 117 Å². The second-order valence-electron chi connectivity index (χ2n) is 9.52. The minimum atomic E-state index is -0.512. The fourth-order valence-corrected chi connectivity index (χ4v) is 4.97. The molecule has 1 unspecified atom stereocenters. The van der Waals surface area contributed by atoms with E-state index in [2.05, 4.69) is 20.5 Å². The smallest absolute Gasteiger partial charge is 0.270 e. The molecule has 0 fully saturated rings. The quantitative estimate of drug-likeness (QED) is 0.278. The van der Waals surface area contributed by atoms with E-state index in [1.54, 1.807) is 49.8 Å². The van der Waals surface area contributed by atoms with Gasteiger partial charge >= 0.3 is 0 Å². The van der Waals surface area contributed by atoms with Gasteiger partial charge in [0.15, 0.2) is 0 Å². The lowest BCUT2D eigenvalue weighted by atomic mass is 10.0. The first-order chi connectivity index (χ1) is 19.5. The maximum atomic E-state index is 13.5. The van der Waals surface area contributed by atoms with Gasteiger partial charge < -0.3 is 10.1 Å². The highest BCUT2D eigenvalue weighted by Crippen LogP contribution is 2.28. The van der Waals surface area contributed by atoms with Crippen LogP contribution >= 0.6 is 0 Å². The predicted octanol–water partition coefficient (Wildman–Crippen LogP) is 4.79. The number of aromatic amines is 1. The minimum absolute atomic E-state index is 0.133. The number of rotatable bonds is 8. The number of nitrogens with zero attached hydrogens (tertiary/aromatic N) is 3. The molecule has 2 N–H and O–H groups in total. The molecule has 0 spiro atoms. The number of methoxy groups -OCH3 is 1. The molecule has 1 atom stereocenters. The van der Waals surface area contributed by atoms with Crippen LogP contribution in [0.4, 0.5) is 0 Å². The molecule has 5 aromatic rings. The average Bonchev–Trinajstić information content (AvgIpc) is 3.62. The van der Waals surface area contributed by atoms with Gasteiger partial charge in [0.1, 0.15) is 11.4 Å². The fraction of sp³-hybridized carbons (Fsp3) is 0.129. The van der Waals surface area contributed by atoms with Crippen LogP contribution in [0.2, 0.25) is 0 Å². The SMILES string of the molecule is COc1cccc(C(CCN2C(=O)c3ccccc3C2=O)NC(=O)c2cc3cc(-c4cn[nH]c4)ccc3cn2)c1. The van der Waals surface area contributed by atoms with Crippen molar-refractivity contribution >= 4 is 28.5 Å². The van der Waals surface area contributed by atoms with Crippen molar-refractivity contribution in [3.05, 3.63) is 114 Å². The number of carbonyl (C=O) groups excluding carboxylic acids is 3. The van der Waals surface area contributed by atoms with Gasteiger partial charge in [0, 0.05) is 29.9 Å². The number of aromatic nitrogens is 3. The summed E-state index contributed by atoms with van der Waals surface area (Å²) in [6.07, 6.45) is 5.53. The van der Waals surface area contributed by atoms with Crippen LogP contribution in [0.5, 0.6) is 5.75 Å². The molecule has 3 amide bonds. The Morgan fingerprint density at radius 1 is 0.925 bits per heavy atom. The zero-order chi connectivity index (χ0) is 27.6. The molecular formula is C31H25N5O4. The first-order valence-electron chi connectivity index (χ1n) is 12.8. The highest BCUT2D eigenvalue weighted by atomic mass is 16.5. The summed E-state index contributed by atoms with van der Waals surface area (Å²) < 4.78 is 5.39. The van der Waals surface area contributed by atoms with Gasteiger partial charge in [-0.15, -0.1) is 0 Å². The summed E-state index contributed by atoms with van der Waals surface area (Å²) in [4.78, 5) is 44.9. The molecule has 198 valence electrons. The van der Waals surface area contributed by atoms with Gasteiger partial charge in [-0.2, -0.15) is 5.10 Å². The van der Waals surface area contributed by atoms with Crippen LogP contribution < -0.4 is 10.1 Å². The number of H-pyrrole nitrogens is 1. The monoisotopic (exact) mass is 531 g/mol. The van der Waals surface area contributed by atoms with Gasteiger partial charge in [-0.05, 0) is 59.3 Å². The van der Waals surface area contributed by atoms with Crippen LogP contribution in [-0.4, -0.2) is 51.5 Å². The Bertz CT molecular complexity index is 1710. The number of hydrogen-bond acceptors (Lipinski definition) is 6. The Labute approximate surface area is 229 Å². The Morgan fingerprint density at radius 3 is 2.45 bits per heavy atom. The van der Waals surface area contributed by atoms with E-state index in [0.717, 1.165) is 27.5 Å². The fourth-order valence-electron chi connectivity index (χ4n) is 4.97. The standard InChI is InChI=1S/C31H25N5O4/c1-40-24-6-4-5-20(14-24)27(11-12-36-30(38)25-7-2-3-8-26(25)31(36)39)35-29(37)28-15-22-13-19(23-17-33-34-18-23)9-10-21(22)16-32-28/h2-10,13-18,27H,11-12H2,1H3,(H,33,34)(H,35,37). The van der Waals surface area contributed by atoms with Crippen molar-refractivity contribution in [2.24, 2.45) is 0 Å². The van der Waals surface area contributed by atoms with Gasteiger partial charge in [-0.3, -0.25) is 29.4 Å². The second kappa shape index (κ2) is 10.5. The lowest BCUT2D eigenvalue weighted by Crippen LogP contribution is -2.35.